The molecule has 2 N–H and O–H groups in total. The number of nitrogens with one attached hydrogen (secondary N) is 1. The number of anilines is 1. The molecule has 4 aliphatic heterocycles. The first-order chi connectivity index (χ1) is 25.6. The Kier molecular flexibility index (Phi) is 13.2. The Morgan fingerprint density at radius 3 is 2.32 bits per heavy atom. The van der Waals surface area contributed by atoms with Gasteiger partial charge in [0.15, 0.2) is 6.10 Å². The Hall–Kier alpha value is -3.82. The van der Waals surface area contributed by atoms with Gasteiger partial charge >= 0.3 is 18.1 Å². The number of phenols is 1. The van der Waals surface area contributed by atoms with E-state index in [4.69, 9.17) is 17.3 Å². The summed E-state index contributed by atoms with van der Waals surface area (Å²) >= 11 is 3.34. The van der Waals surface area contributed by atoms with Gasteiger partial charge in [-0.3, -0.25) is 14.5 Å². The number of urea groups is 1. The van der Waals surface area contributed by atoms with E-state index in [1.165, 1.54) is 0 Å². The third-order valence-corrected chi connectivity index (χ3v) is 11.6. The van der Waals surface area contributed by atoms with E-state index < -0.39 is 12.2 Å². The van der Waals surface area contributed by atoms with E-state index in [9.17, 15) is 24.3 Å². The van der Waals surface area contributed by atoms with Crippen molar-refractivity contribution >= 4 is 58.9 Å². The molecule has 6 rings (SSSR count). The zero-order valence-electron chi connectivity index (χ0n) is 30.5. The summed E-state index contributed by atoms with van der Waals surface area (Å²) in [6.45, 7) is 9.02. The summed E-state index contributed by atoms with van der Waals surface area (Å²) in [6.07, 6.45) is 2.46. The number of fused-ring (bicyclic) bond motifs is 1. The molecule has 0 bridgehead atoms. The van der Waals surface area contributed by atoms with Crippen LogP contribution in [0, 0.1) is 0 Å². The molecule has 1 atom stereocenters. The Labute approximate surface area is 321 Å². The summed E-state index contributed by atoms with van der Waals surface area (Å²) in [7, 11) is 6.04. The molecule has 284 valence electrons. The van der Waals surface area contributed by atoms with Gasteiger partial charge in [0.2, 0.25) is 0 Å². The molecule has 2 radical (unpaired) electrons. The smallest absolute Gasteiger partial charge is 0.410 e. The lowest BCUT2D eigenvalue weighted by Gasteiger charge is -2.43. The number of esters is 1. The minimum atomic E-state index is -1.08. The first-order valence-electron chi connectivity index (χ1n) is 18.9. The van der Waals surface area contributed by atoms with Gasteiger partial charge in [-0.1, -0.05) is 29.7 Å². The van der Waals surface area contributed by atoms with Gasteiger partial charge in [-0.25, -0.2) is 9.59 Å². The molecule has 4 aliphatic rings. The molecule has 3 saturated heterocycles. The van der Waals surface area contributed by atoms with Crippen molar-refractivity contribution in [1.82, 2.24) is 24.5 Å². The molecule has 0 aromatic heterocycles. The molecule has 2 aromatic rings. The van der Waals surface area contributed by atoms with E-state index in [1.807, 2.05) is 36.1 Å². The van der Waals surface area contributed by atoms with Crippen molar-refractivity contribution in [2.24, 2.45) is 0 Å². The number of carbonyl (C=O) groups is 4. The van der Waals surface area contributed by atoms with Gasteiger partial charge in [-0.15, -0.1) is 0 Å². The Morgan fingerprint density at radius 1 is 0.943 bits per heavy atom. The minimum Gasteiger partial charge on any atom is -0.507 e. The van der Waals surface area contributed by atoms with E-state index in [0.29, 0.717) is 81.2 Å². The largest absolute Gasteiger partial charge is 0.507 e. The van der Waals surface area contributed by atoms with Gasteiger partial charge in [0, 0.05) is 89.6 Å². The number of hydrogen-bond acceptors (Lipinski definition) is 9. The summed E-state index contributed by atoms with van der Waals surface area (Å²) in [6, 6.07) is 11.3. The number of phenolic OH excluding ortho intramolecular Hbond substituents is 1. The third kappa shape index (κ3) is 9.84. The first-order valence-corrected chi connectivity index (χ1v) is 19.7. The zero-order valence-corrected chi connectivity index (χ0v) is 32.1. The van der Waals surface area contributed by atoms with Crippen molar-refractivity contribution in [2.45, 2.75) is 70.1 Å². The van der Waals surface area contributed by atoms with Crippen molar-refractivity contribution in [3.05, 3.63) is 52.0 Å². The quantitative estimate of drug-likeness (QED) is 0.275. The van der Waals surface area contributed by atoms with Crippen LogP contribution in [0.15, 0.2) is 40.9 Å². The van der Waals surface area contributed by atoms with Crippen molar-refractivity contribution in [1.29, 1.82) is 0 Å². The summed E-state index contributed by atoms with van der Waals surface area (Å²) in [5, 5.41) is 13.2. The highest BCUT2D eigenvalue weighted by atomic mass is 79.9. The van der Waals surface area contributed by atoms with E-state index in [1.54, 1.807) is 21.9 Å². The fourth-order valence-electron chi connectivity index (χ4n) is 7.97. The highest BCUT2D eigenvalue weighted by molar-refractivity contribution is 9.10. The molecule has 4 amide bonds. The number of amides is 4. The number of ether oxygens (including phenoxy) is 2. The van der Waals surface area contributed by atoms with Gasteiger partial charge in [0.25, 0.3) is 5.91 Å². The molecular formula is C38H50BBrN6O7. The molecular weight excluding hydrogens is 743 g/mol. The second-order valence-corrected chi connectivity index (χ2v) is 15.2. The Morgan fingerprint density at radius 2 is 1.62 bits per heavy atom. The van der Waals surface area contributed by atoms with Crippen LogP contribution in [0.2, 0.25) is 0 Å². The average Bonchev–Trinajstić information content (AvgIpc) is 3.34. The number of para-hydroxylation sites is 1. The minimum absolute atomic E-state index is 0.0167. The number of likely N-dealkylation sites (tertiary alicyclic amines) is 2. The van der Waals surface area contributed by atoms with E-state index >= 15 is 0 Å². The predicted octanol–water partition coefficient (Wildman–Crippen LogP) is 3.11. The fourth-order valence-corrected chi connectivity index (χ4v) is 8.50. The van der Waals surface area contributed by atoms with Crippen LogP contribution in [0.1, 0.15) is 50.2 Å². The molecule has 15 heteroatoms. The number of halogens is 1. The molecule has 53 heavy (non-hydrogen) atoms. The number of hydrogen-bond donors (Lipinski definition) is 2. The monoisotopic (exact) mass is 792 g/mol. The van der Waals surface area contributed by atoms with E-state index in [-0.39, 0.29) is 41.6 Å². The van der Waals surface area contributed by atoms with Crippen molar-refractivity contribution in [3.63, 3.8) is 0 Å². The molecule has 0 unspecified atom stereocenters. The van der Waals surface area contributed by atoms with Crippen LogP contribution in [-0.2, 0) is 31.9 Å². The van der Waals surface area contributed by atoms with Gasteiger partial charge < -0.3 is 39.5 Å². The van der Waals surface area contributed by atoms with Crippen LogP contribution in [0.5, 0.6) is 5.75 Å². The number of aromatic hydroxyl groups is 1. The van der Waals surface area contributed by atoms with E-state index in [0.717, 1.165) is 56.7 Å². The zero-order chi connectivity index (χ0) is 37.5. The Balaban J connectivity index is 1.03. The lowest BCUT2D eigenvalue weighted by molar-refractivity contribution is -0.144. The topological polar surface area (TPSA) is 135 Å². The number of piperidine rings is 2. The number of nitrogens with zero attached hydrogens (tertiary/aromatic N) is 5. The van der Waals surface area contributed by atoms with Gasteiger partial charge in [-0.2, -0.15) is 0 Å². The van der Waals surface area contributed by atoms with Crippen LogP contribution in [-0.4, -0.2) is 152 Å². The molecule has 0 saturated carbocycles. The lowest BCUT2D eigenvalue weighted by Crippen LogP contribution is -2.55. The SMILES string of the molecule is [B]c1cc(C[C@@H](OC(=O)N2CCC(N3CCc4ccccc4NC3=O)CC2)C(=O)N2CCC(N3CCN(CCC(=O)OCC)CC3)CC2)cc(Br)c1O. The van der Waals surface area contributed by atoms with Gasteiger partial charge in [-0.05, 0) is 78.2 Å². The number of rotatable bonds is 10. The van der Waals surface area contributed by atoms with Crippen molar-refractivity contribution in [2.75, 3.05) is 77.4 Å². The maximum absolute atomic E-state index is 14.1. The molecule has 0 aliphatic carbocycles. The predicted molar refractivity (Wildman–Crippen MR) is 204 cm³/mol. The number of benzene rings is 2. The van der Waals surface area contributed by atoms with Crippen LogP contribution in [0.3, 0.4) is 0 Å². The summed E-state index contributed by atoms with van der Waals surface area (Å²) in [5.74, 6) is -0.493. The summed E-state index contributed by atoms with van der Waals surface area (Å²) < 4.78 is 11.5. The van der Waals surface area contributed by atoms with Crippen molar-refractivity contribution in [3.8, 4) is 5.75 Å². The van der Waals surface area contributed by atoms with Crippen LogP contribution < -0.4 is 10.8 Å². The molecule has 0 spiro atoms. The highest BCUT2D eigenvalue weighted by Crippen LogP contribution is 2.27. The lowest BCUT2D eigenvalue weighted by atomic mass is 9.91. The first kappa shape index (κ1) is 38.9. The van der Waals surface area contributed by atoms with Gasteiger partial charge in [0.05, 0.1) is 17.5 Å². The fraction of sp³-hybridized carbons (Fsp3) is 0.579. The summed E-state index contributed by atoms with van der Waals surface area (Å²) in [4.78, 5) is 62.7. The molecule has 2 aromatic carbocycles. The maximum Gasteiger partial charge on any atom is 0.410 e. The normalized spacial score (nSPS) is 20.0. The molecule has 4 heterocycles. The molecule has 3 fully saturated rings. The Bertz CT molecular complexity index is 1600. The standard InChI is InChI=1S/C38H50BBrN6O7/c1-2-52-34(47)12-13-42-19-21-43(22-20-42)28-8-14-44(15-9-28)36(49)33(25-26-23-30(39)35(48)31(40)24-26)53-38(51)45-16-10-29(11-17-45)46-18-7-27-5-3-4-6-32(27)41-37(46)50/h3-6,23-24,28-29,33,48H,2,7-22,25H2,1H3,(H,41,50)/t33-/m1/s1. The second kappa shape index (κ2) is 18.0. The number of carbonyl (C=O) groups excluding carboxylic acids is 4. The van der Waals surface area contributed by atoms with Gasteiger partial charge in [0.1, 0.15) is 13.6 Å². The number of piperazine rings is 1. The average molecular weight is 794 g/mol. The molecule has 13 nitrogen and oxygen atoms in total. The third-order valence-electron chi connectivity index (χ3n) is 11.0. The van der Waals surface area contributed by atoms with Crippen LogP contribution in [0.25, 0.3) is 0 Å². The second-order valence-electron chi connectivity index (χ2n) is 14.3. The van der Waals surface area contributed by atoms with Crippen LogP contribution >= 0.6 is 15.9 Å². The van der Waals surface area contributed by atoms with E-state index in [2.05, 4.69) is 31.0 Å². The highest BCUT2D eigenvalue weighted by Gasteiger charge is 2.36. The van der Waals surface area contributed by atoms with Crippen LogP contribution in [0.4, 0.5) is 15.3 Å². The maximum atomic E-state index is 14.1. The summed E-state index contributed by atoms with van der Waals surface area (Å²) in [5.41, 5.74) is 2.76. The van der Waals surface area contributed by atoms with Crippen molar-refractivity contribution < 1.29 is 33.8 Å².